The lowest BCUT2D eigenvalue weighted by molar-refractivity contribution is -0.137. The molecule has 0 saturated heterocycles. The number of hydrogen-bond acceptors (Lipinski definition) is 3. The summed E-state index contributed by atoms with van der Waals surface area (Å²) < 4.78 is 4.91. The molecule has 0 aliphatic carbocycles. The lowest BCUT2D eigenvalue weighted by Crippen LogP contribution is -2.19. The topological polar surface area (TPSA) is 46.5 Å². The second-order valence-corrected chi connectivity index (χ2v) is 5.54. The number of aliphatic hydroxyl groups is 1. The van der Waals surface area contributed by atoms with E-state index in [-0.39, 0.29) is 5.92 Å². The van der Waals surface area contributed by atoms with Crippen molar-refractivity contribution in [1.82, 2.24) is 0 Å². The molecule has 0 amide bonds. The van der Waals surface area contributed by atoms with Crippen LogP contribution >= 0.6 is 0 Å². The Balaban J connectivity index is 2.15. The fourth-order valence-electron chi connectivity index (χ4n) is 2.35. The molecule has 1 N–H and O–H groups in total. The maximum absolute atomic E-state index is 11.6. The van der Waals surface area contributed by atoms with Crippen LogP contribution < -0.4 is 0 Å². The highest BCUT2D eigenvalue weighted by Gasteiger charge is 2.15. The van der Waals surface area contributed by atoms with Crippen molar-refractivity contribution in [2.45, 2.75) is 19.4 Å². The van der Waals surface area contributed by atoms with Crippen LogP contribution in [-0.4, -0.2) is 23.8 Å². The highest BCUT2D eigenvalue weighted by Crippen LogP contribution is 2.14. The standard InChI is InChI=1S/C22H22O3/c1-2-25-22(24)16-14-20(17-19-11-7-4-8-12-19)21(23)15-13-18-9-5-3-6-10-18/h3-12,14,16,20-21,23H,2,17H2,1H3/b16-14+/t20-,21-/m0/s1. The van der Waals surface area contributed by atoms with E-state index in [0.29, 0.717) is 13.0 Å². The predicted molar refractivity (Wildman–Crippen MR) is 98.7 cm³/mol. The molecule has 0 aliphatic heterocycles. The Bertz CT molecular complexity index is 739. The molecule has 0 unspecified atom stereocenters. The van der Waals surface area contributed by atoms with Crippen LogP contribution in [0, 0.1) is 17.8 Å². The molecule has 2 atom stereocenters. The number of aliphatic hydroxyl groups excluding tert-OH is 1. The van der Waals surface area contributed by atoms with E-state index in [9.17, 15) is 9.90 Å². The molecular weight excluding hydrogens is 312 g/mol. The van der Waals surface area contributed by atoms with Crippen molar-refractivity contribution in [3.05, 3.63) is 83.9 Å². The first-order chi connectivity index (χ1) is 12.2. The second kappa shape index (κ2) is 10.1. The summed E-state index contributed by atoms with van der Waals surface area (Å²) in [5.74, 6) is 5.13. The fraction of sp³-hybridized carbons (Fsp3) is 0.227. The number of rotatable bonds is 6. The zero-order chi connectivity index (χ0) is 17.9. The predicted octanol–water partition coefficient (Wildman–Crippen LogP) is 3.38. The molecule has 25 heavy (non-hydrogen) atoms. The summed E-state index contributed by atoms with van der Waals surface area (Å²) >= 11 is 0. The zero-order valence-corrected chi connectivity index (χ0v) is 14.3. The van der Waals surface area contributed by atoms with Gasteiger partial charge >= 0.3 is 5.97 Å². The Kier molecular flexibility index (Phi) is 7.49. The molecule has 2 aromatic rings. The summed E-state index contributed by atoms with van der Waals surface area (Å²) in [7, 11) is 0. The summed E-state index contributed by atoms with van der Waals surface area (Å²) in [6.45, 7) is 2.08. The van der Waals surface area contributed by atoms with E-state index in [0.717, 1.165) is 11.1 Å². The average Bonchev–Trinajstić information content (AvgIpc) is 2.65. The van der Waals surface area contributed by atoms with Gasteiger partial charge in [0.2, 0.25) is 0 Å². The number of benzene rings is 2. The molecule has 0 aliphatic rings. The van der Waals surface area contributed by atoms with Crippen molar-refractivity contribution in [3.8, 4) is 11.8 Å². The van der Waals surface area contributed by atoms with Crippen LogP contribution in [0.15, 0.2) is 72.8 Å². The molecule has 0 heterocycles. The first-order valence-corrected chi connectivity index (χ1v) is 8.32. The van der Waals surface area contributed by atoms with Gasteiger partial charge in [-0.25, -0.2) is 4.79 Å². The normalized spacial score (nSPS) is 12.9. The zero-order valence-electron chi connectivity index (χ0n) is 14.3. The van der Waals surface area contributed by atoms with Crippen molar-refractivity contribution < 1.29 is 14.6 Å². The average molecular weight is 334 g/mol. The SMILES string of the molecule is CCOC(=O)/C=C/[C@@H](Cc1ccccc1)[C@@H](O)C#Cc1ccccc1. The van der Waals surface area contributed by atoms with E-state index in [4.69, 9.17) is 4.74 Å². The Morgan fingerprint density at radius 1 is 1.12 bits per heavy atom. The first-order valence-electron chi connectivity index (χ1n) is 8.32. The van der Waals surface area contributed by atoms with E-state index < -0.39 is 12.1 Å². The Hall–Kier alpha value is -2.83. The number of ether oxygens (including phenoxy) is 1. The van der Waals surface area contributed by atoms with Crippen LogP contribution in [0.4, 0.5) is 0 Å². The molecule has 0 bridgehead atoms. The van der Waals surface area contributed by atoms with Gasteiger partial charge in [-0.05, 0) is 31.0 Å². The van der Waals surface area contributed by atoms with Crippen LogP contribution in [0.2, 0.25) is 0 Å². The van der Waals surface area contributed by atoms with Crippen molar-refractivity contribution in [2.24, 2.45) is 5.92 Å². The van der Waals surface area contributed by atoms with Gasteiger partial charge in [0.15, 0.2) is 0 Å². The number of esters is 1. The minimum atomic E-state index is -0.883. The van der Waals surface area contributed by atoms with Crippen LogP contribution in [0.1, 0.15) is 18.1 Å². The molecule has 2 rings (SSSR count). The maximum Gasteiger partial charge on any atom is 0.330 e. The van der Waals surface area contributed by atoms with Gasteiger partial charge in [0.1, 0.15) is 6.10 Å². The summed E-state index contributed by atoms with van der Waals surface area (Å²) in [5, 5.41) is 10.5. The third kappa shape index (κ3) is 6.66. The van der Waals surface area contributed by atoms with Crippen LogP contribution in [0.25, 0.3) is 0 Å². The van der Waals surface area contributed by atoms with E-state index in [2.05, 4.69) is 11.8 Å². The highest BCUT2D eigenvalue weighted by molar-refractivity contribution is 5.81. The first kappa shape index (κ1) is 18.5. The van der Waals surface area contributed by atoms with Gasteiger partial charge in [-0.15, -0.1) is 0 Å². The van der Waals surface area contributed by atoms with Gasteiger partial charge in [-0.3, -0.25) is 0 Å². The minimum Gasteiger partial charge on any atom is -0.463 e. The summed E-state index contributed by atoms with van der Waals surface area (Å²) in [6.07, 6.45) is 2.74. The van der Waals surface area contributed by atoms with Gasteiger partial charge in [0.05, 0.1) is 6.61 Å². The number of carbonyl (C=O) groups is 1. The largest absolute Gasteiger partial charge is 0.463 e. The smallest absolute Gasteiger partial charge is 0.330 e. The second-order valence-electron chi connectivity index (χ2n) is 5.54. The summed E-state index contributed by atoms with van der Waals surface area (Å²) in [4.78, 5) is 11.6. The van der Waals surface area contributed by atoms with Crippen LogP contribution in [0.5, 0.6) is 0 Å². The van der Waals surface area contributed by atoms with Gasteiger partial charge in [-0.1, -0.05) is 66.4 Å². The molecule has 0 aromatic heterocycles. The Labute approximate surface area is 149 Å². The quantitative estimate of drug-likeness (QED) is 0.500. The van der Waals surface area contributed by atoms with E-state index in [1.54, 1.807) is 13.0 Å². The third-order valence-electron chi connectivity index (χ3n) is 3.62. The van der Waals surface area contributed by atoms with Crippen molar-refractivity contribution in [3.63, 3.8) is 0 Å². The lowest BCUT2D eigenvalue weighted by atomic mass is 9.93. The van der Waals surface area contributed by atoms with Gasteiger partial charge in [0.25, 0.3) is 0 Å². The molecule has 3 heteroatoms. The van der Waals surface area contributed by atoms with Crippen molar-refractivity contribution in [2.75, 3.05) is 6.61 Å². The molecule has 0 spiro atoms. The van der Waals surface area contributed by atoms with Crippen molar-refractivity contribution >= 4 is 5.97 Å². The molecule has 0 saturated carbocycles. The van der Waals surface area contributed by atoms with Gasteiger partial charge in [0, 0.05) is 17.6 Å². The Morgan fingerprint density at radius 2 is 1.76 bits per heavy atom. The lowest BCUT2D eigenvalue weighted by Gasteiger charge is -2.15. The van der Waals surface area contributed by atoms with Gasteiger partial charge < -0.3 is 9.84 Å². The number of carbonyl (C=O) groups excluding carboxylic acids is 1. The van der Waals surface area contributed by atoms with Gasteiger partial charge in [-0.2, -0.15) is 0 Å². The third-order valence-corrected chi connectivity index (χ3v) is 3.62. The molecule has 0 radical (unpaired) electrons. The highest BCUT2D eigenvalue weighted by atomic mass is 16.5. The van der Waals surface area contributed by atoms with E-state index in [1.165, 1.54) is 6.08 Å². The van der Waals surface area contributed by atoms with Crippen LogP contribution in [-0.2, 0) is 16.0 Å². The van der Waals surface area contributed by atoms with E-state index in [1.807, 2.05) is 60.7 Å². The van der Waals surface area contributed by atoms with Crippen LogP contribution in [0.3, 0.4) is 0 Å². The molecule has 128 valence electrons. The van der Waals surface area contributed by atoms with E-state index >= 15 is 0 Å². The molecule has 0 fully saturated rings. The Morgan fingerprint density at radius 3 is 2.40 bits per heavy atom. The fourth-order valence-corrected chi connectivity index (χ4v) is 2.35. The molecule has 3 nitrogen and oxygen atoms in total. The molecular formula is C22H22O3. The number of hydrogen-bond donors (Lipinski definition) is 1. The van der Waals surface area contributed by atoms with Crippen molar-refractivity contribution in [1.29, 1.82) is 0 Å². The monoisotopic (exact) mass is 334 g/mol. The molecule has 2 aromatic carbocycles. The maximum atomic E-state index is 11.6. The summed E-state index contributed by atoms with van der Waals surface area (Å²) in [5.41, 5.74) is 1.91. The minimum absolute atomic E-state index is 0.303. The summed E-state index contributed by atoms with van der Waals surface area (Å²) in [6, 6.07) is 19.3.